The number of alkyl halides is 4. The van der Waals surface area contributed by atoms with Gasteiger partial charge in [0.05, 0.1) is 17.9 Å². The Morgan fingerprint density at radius 3 is 2.00 bits per heavy atom. The lowest BCUT2D eigenvalue weighted by molar-refractivity contribution is -0.130. The van der Waals surface area contributed by atoms with Crippen molar-refractivity contribution in [3.8, 4) is 22.4 Å². The molecule has 0 spiro atoms. The summed E-state index contributed by atoms with van der Waals surface area (Å²) in [5, 5.41) is 3.23. The van der Waals surface area contributed by atoms with Crippen LogP contribution in [0.2, 0.25) is 0 Å². The lowest BCUT2D eigenvalue weighted by atomic mass is 9.74. The number of aromatic amines is 1. The molecule has 0 radical (unpaired) electrons. The summed E-state index contributed by atoms with van der Waals surface area (Å²) in [5.41, 5.74) is 9.15. The Morgan fingerprint density at radius 2 is 1.39 bits per heavy atom. The molecule has 300 valence electrons. The molecule has 6 nitrogen and oxygen atoms in total. The van der Waals surface area contributed by atoms with E-state index >= 15 is 0 Å². The third-order valence-corrected chi connectivity index (χ3v) is 12.7. The van der Waals surface area contributed by atoms with Crippen LogP contribution < -0.4 is 5.32 Å². The van der Waals surface area contributed by atoms with E-state index in [0.717, 1.165) is 52.5 Å². The number of hydrogen-bond donors (Lipinski definition) is 2. The van der Waals surface area contributed by atoms with Crippen LogP contribution in [0.5, 0.6) is 0 Å². The number of carbonyl (C=O) groups is 2. The lowest BCUT2D eigenvalue weighted by Gasteiger charge is -2.34. The highest BCUT2D eigenvalue weighted by molar-refractivity contribution is 6.05. The van der Waals surface area contributed by atoms with Gasteiger partial charge in [0.15, 0.2) is 0 Å². The fraction of sp³-hybridized carbons (Fsp3) is 0.565. The fourth-order valence-electron chi connectivity index (χ4n) is 9.12. The van der Waals surface area contributed by atoms with Crippen LogP contribution in [0.3, 0.4) is 0 Å². The van der Waals surface area contributed by atoms with E-state index in [1.807, 2.05) is 6.20 Å². The molecule has 2 saturated carbocycles. The number of benzene rings is 2. The summed E-state index contributed by atoms with van der Waals surface area (Å²) in [6.07, 6.45) is 4.39. The van der Waals surface area contributed by atoms with Crippen molar-refractivity contribution in [2.75, 3.05) is 0 Å². The molecule has 2 heterocycles. The number of allylic oxidation sites excluding steroid dienone is 2. The normalized spacial score (nSPS) is 21.2. The predicted molar refractivity (Wildman–Crippen MR) is 214 cm³/mol. The summed E-state index contributed by atoms with van der Waals surface area (Å²) in [5.74, 6) is -5.58. The highest BCUT2D eigenvalue weighted by Gasteiger charge is 2.42. The number of nitrogens with zero attached hydrogens (tertiary/aromatic N) is 2. The molecule has 1 aliphatic heterocycles. The second-order valence-electron chi connectivity index (χ2n) is 19.0. The number of amides is 1. The van der Waals surface area contributed by atoms with Crippen LogP contribution in [0, 0.1) is 22.7 Å². The molecule has 10 heteroatoms. The van der Waals surface area contributed by atoms with Gasteiger partial charge in [-0.15, -0.1) is 0 Å². The molecule has 3 aromatic rings. The minimum Gasteiger partial charge on any atom is -0.347 e. The van der Waals surface area contributed by atoms with Gasteiger partial charge in [-0.05, 0) is 82.7 Å². The van der Waals surface area contributed by atoms with Crippen molar-refractivity contribution < 1.29 is 27.2 Å². The predicted octanol–water partition coefficient (Wildman–Crippen LogP) is 11.5. The van der Waals surface area contributed by atoms with Crippen LogP contribution >= 0.6 is 0 Å². The smallest absolute Gasteiger partial charge is 0.248 e. The molecule has 7 rings (SSSR count). The highest BCUT2D eigenvalue weighted by Crippen LogP contribution is 2.44. The minimum absolute atomic E-state index is 0.0484. The third kappa shape index (κ3) is 8.74. The monoisotopic (exact) mass is 772 g/mol. The molecule has 1 amide bonds. The zero-order chi connectivity index (χ0) is 40.2. The van der Waals surface area contributed by atoms with Crippen molar-refractivity contribution in [1.82, 2.24) is 15.3 Å². The molecule has 0 unspecified atom stereocenters. The van der Waals surface area contributed by atoms with Gasteiger partial charge < -0.3 is 10.3 Å². The number of aliphatic imine (C=N–C) groups is 1. The quantitative estimate of drug-likeness (QED) is 0.212. The van der Waals surface area contributed by atoms with Crippen LogP contribution in [0.15, 0.2) is 59.4 Å². The van der Waals surface area contributed by atoms with Crippen molar-refractivity contribution in [2.24, 2.45) is 27.7 Å². The fourth-order valence-corrected chi connectivity index (χ4v) is 9.12. The van der Waals surface area contributed by atoms with Gasteiger partial charge in [-0.3, -0.25) is 14.6 Å². The minimum atomic E-state index is -2.67. The summed E-state index contributed by atoms with van der Waals surface area (Å²) >= 11 is 0. The van der Waals surface area contributed by atoms with Crippen LogP contribution in [-0.4, -0.2) is 45.3 Å². The average Bonchev–Trinajstić information content (AvgIpc) is 3.79. The van der Waals surface area contributed by atoms with Crippen molar-refractivity contribution in [3.63, 3.8) is 0 Å². The summed E-state index contributed by atoms with van der Waals surface area (Å²) in [6, 6.07) is 14.7. The third-order valence-electron chi connectivity index (χ3n) is 12.7. The largest absolute Gasteiger partial charge is 0.347 e. The summed E-state index contributed by atoms with van der Waals surface area (Å²) in [6.45, 7) is 12.5. The van der Waals surface area contributed by atoms with Gasteiger partial charge >= 0.3 is 0 Å². The van der Waals surface area contributed by atoms with Crippen LogP contribution in [0.1, 0.15) is 135 Å². The maximum Gasteiger partial charge on any atom is 0.248 e. The zero-order valence-electron chi connectivity index (χ0n) is 33.6. The van der Waals surface area contributed by atoms with Gasteiger partial charge in [-0.25, -0.2) is 22.5 Å². The Balaban J connectivity index is 1.02. The van der Waals surface area contributed by atoms with E-state index in [4.69, 9.17) is 9.98 Å². The molecule has 56 heavy (non-hydrogen) atoms. The standard InChI is InChI=1S/C46H56F4N4O2/c1-43(2,3)35(25-39(55)29-15-19-45(47,48)20-16-29)41-51-26-38(53-41)28-9-7-27(8-10-28)31-11-13-33-32(23-31)12-14-36-34(33)24-37(52-36)40(44(4,5)6)54-42(56)30-17-21-46(49,50)22-18-30/h7-11,13,23,26,29-30,35,40H,12,14-22,24-25H2,1-6H3,(H,51,53)(H,54,56)/t35-,40-/m1/s1. The number of aryl methyl sites for hydroxylation is 1. The lowest BCUT2D eigenvalue weighted by Crippen LogP contribution is -2.51. The number of rotatable bonds is 9. The molecule has 2 aromatic carbocycles. The molecule has 2 atom stereocenters. The molecule has 2 fully saturated rings. The maximum absolute atomic E-state index is 13.8. The van der Waals surface area contributed by atoms with Gasteiger partial charge in [-0.2, -0.15) is 0 Å². The molecular formula is C46H56F4N4O2. The number of ketones is 1. The summed E-state index contributed by atoms with van der Waals surface area (Å²) < 4.78 is 55.1. The van der Waals surface area contributed by atoms with Gasteiger partial charge in [0, 0.05) is 67.7 Å². The maximum atomic E-state index is 13.8. The second-order valence-corrected chi connectivity index (χ2v) is 19.0. The number of imidazole rings is 1. The van der Waals surface area contributed by atoms with E-state index in [9.17, 15) is 27.2 Å². The van der Waals surface area contributed by atoms with Crippen LogP contribution in [0.25, 0.3) is 28.0 Å². The molecule has 0 bridgehead atoms. The average molecular weight is 773 g/mol. The van der Waals surface area contributed by atoms with Crippen molar-refractivity contribution in [2.45, 2.75) is 142 Å². The number of H-pyrrole nitrogens is 1. The van der Waals surface area contributed by atoms with Gasteiger partial charge in [0.2, 0.25) is 17.8 Å². The van der Waals surface area contributed by atoms with Crippen molar-refractivity contribution >= 4 is 23.0 Å². The number of fused-ring (bicyclic) bond motifs is 2. The Hall–Kier alpha value is -4.08. The van der Waals surface area contributed by atoms with Gasteiger partial charge in [0.1, 0.15) is 11.6 Å². The first-order valence-corrected chi connectivity index (χ1v) is 20.4. The van der Waals surface area contributed by atoms with Crippen LogP contribution in [0.4, 0.5) is 17.6 Å². The van der Waals surface area contributed by atoms with Crippen LogP contribution in [-0.2, 0) is 16.0 Å². The van der Waals surface area contributed by atoms with Gasteiger partial charge in [0.25, 0.3) is 0 Å². The van der Waals surface area contributed by atoms with Crippen molar-refractivity contribution in [3.05, 3.63) is 71.3 Å². The summed E-state index contributed by atoms with van der Waals surface area (Å²) in [4.78, 5) is 39.9. The van der Waals surface area contributed by atoms with E-state index in [-0.39, 0.29) is 98.2 Å². The van der Waals surface area contributed by atoms with Gasteiger partial charge in [-0.1, -0.05) is 84.0 Å². The Bertz CT molecular complexity index is 2010. The number of Topliss-reactive ketones (excluding diaryl/α,β-unsaturated/α-hetero) is 1. The molecule has 3 aliphatic carbocycles. The Labute approximate surface area is 328 Å². The van der Waals surface area contributed by atoms with E-state index in [2.05, 4.69) is 94.3 Å². The molecule has 4 aliphatic rings. The molecule has 1 aromatic heterocycles. The van der Waals surface area contributed by atoms with E-state index in [0.29, 0.717) is 6.42 Å². The SMILES string of the molecule is CC(C)(C)[C@H](NC(=O)C1CCC(F)(F)CC1)C1=NC2=C(C1)c1ccc(-c3ccc(-c4cnc([C@@H](CC(=O)C5CCC(F)(F)CC5)C(C)(C)C)[nH]4)cc3)cc1CC2. The molecular weight excluding hydrogens is 717 g/mol. The number of nitrogens with one attached hydrogen (secondary N) is 2. The first kappa shape index (κ1) is 40.1. The Morgan fingerprint density at radius 1 is 0.804 bits per heavy atom. The number of aromatic nitrogens is 2. The van der Waals surface area contributed by atoms with E-state index in [1.165, 1.54) is 16.7 Å². The zero-order valence-corrected chi connectivity index (χ0v) is 33.6. The second kappa shape index (κ2) is 15.0. The van der Waals surface area contributed by atoms with E-state index in [1.54, 1.807) is 0 Å². The first-order chi connectivity index (χ1) is 26.3. The highest BCUT2D eigenvalue weighted by atomic mass is 19.3. The van der Waals surface area contributed by atoms with Crippen molar-refractivity contribution in [1.29, 1.82) is 0 Å². The first-order valence-electron chi connectivity index (χ1n) is 20.4. The topological polar surface area (TPSA) is 87.2 Å². The summed E-state index contributed by atoms with van der Waals surface area (Å²) in [7, 11) is 0. The number of halogens is 4. The number of carbonyl (C=O) groups excluding carboxylic acids is 2. The molecule has 0 saturated heterocycles. The van der Waals surface area contributed by atoms with E-state index < -0.39 is 17.8 Å². The molecule has 2 N–H and O–H groups in total. The Kier molecular flexibility index (Phi) is 10.8. The number of hydrogen-bond acceptors (Lipinski definition) is 4.